The highest BCUT2D eigenvalue weighted by Crippen LogP contribution is 2.44. The van der Waals surface area contributed by atoms with Crippen LogP contribution in [0, 0.1) is 0 Å². The summed E-state index contributed by atoms with van der Waals surface area (Å²) in [6.45, 7) is 8.01. The summed E-state index contributed by atoms with van der Waals surface area (Å²) in [7, 11) is 0. The van der Waals surface area contributed by atoms with Crippen molar-refractivity contribution < 1.29 is 22.8 Å². The predicted molar refractivity (Wildman–Crippen MR) is 133 cm³/mol. The summed E-state index contributed by atoms with van der Waals surface area (Å²) in [6, 6.07) is 11.9. The molecule has 2 fully saturated rings. The average molecular weight is 506 g/mol. The molecule has 0 bridgehead atoms. The number of piperidine rings is 1. The summed E-state index contributed by atoms with van der Waals surface area (Å²) in [6.07, 6.45) is -3.13. The molecule has 5 nitrogen and oxygen atoms in total. The van der Waals surface area contributed by atoms with E-state index in [4.69, 9.17) is 0 Å². The second kappa shape index (κ2) is 9.41. The first-order chi connectivity index (χ1) is 16.4. The Morgan fingerprint density at radius 3 is 2.00 bits per heavy atom. The van der Waals surface area contributed by atoms with Crippen LogP contribution in [0.5, 0.6) is 0 Å². The normalized spacial score (nSPS) is 18.1. The lowest BCUT2D eigenvalue weighted by Gasteiger charge is -2.44. The van der Waals surface area contributed by atoms with E-state index in [1.807, 2.05) is 29.2 Å². The van der Waals surface area contributed by atoms with Gasteiger partial charge in [-0.05, 0) is 60.2 Å². The van der Waals surface area contributed by atoms with Crippen molar-refractivity contribution in [3.63, 3.8) is 0 Å². The van der Waals surface area contributed by atoms with Gasteiger partial charge in [0.15, 0.2) is 0 Å². The zero-order valence-corrected chi connectivity index (χ0v) is 20.9. The number of alkyl halides is 3. The fourth-order valence-corrected chi connectivity index (χ4v) is 6.04. The minimum absolute atomic E-state index is 0.0121. The lowest BCUT2D eigenvalue weighted by atomic mass is 9.86. The molecule has 188 valence electrons. The quantitative estimate of drug-likeness (QED) is 0.528. The van der Waals surface area contributed by atoms with Crippen molar-refractivity contribution in [2.75, 3.05) is 30.7 Å². The van der Waals surface area contributed by atoms with Gasteiger partial charge in [-0.3, -0.25) is 4.79 Å². The molecule has 2 heterocycles. The van der Waals surface area contributed by atoms with Crippen LogP contribution in [0.4, 0.5) is 23.7 Å². The lowest BCUT2D eigenvalue weighted by Crippen LogP contribution is -2.54. The Labute approximate surface area is 208 Å². The third-order valence-electron chi connectivity index (χ3n) is 6.72. The number of carbonyl (C=O) groups excluding carboxylic acids is 2. The number of likely N-dealkylation sites (tertiary alicyclic amines) is 1. The molecule has 3 amide bonds. The molecule has 2 aliphatic heterocycles. The van der Waals surface area contributed by atoms with E-state index < -0.39 is 11.7 Å². The van der Waals surface area contributed by atoms with E-state index in [9.17, 15) is 22.8 Å². The molecule has 0 atom stereocenters. The topological polar surface area (TPSA) is 52.7 Å². The first-order valence-corrected chi connectivity index (χ1v) is 12.7. The van der Waals surface area contributed by atoms with Gasteiger partial charge in [-0.2, -0.15) is 13.2 Å². The van der Waals surface area contributed by atoms with Crippen molar-refractivity contribution >= 4 is 29.4 Å². The number of rotatable bonds is 2. The highest BCUT2D eigenvalue weighted by atomic mass is 32.2. The first-order valence-electron chi connectivity index (χ1n) is 11.7. The van der Waals surface area contributed by atoms with Gasteiger partial charge >= 0.3 is 12.2 Å². The van der Waals surface area contributed by atoms with Gasteiger partial charge in [0.25, 0.3) is 5.91 Å². The Bertz CT molecular complexity index is 1070. The Morgan fingerprint density at radius 1 is 0.886 bits per heavy atom. The number of thioether (sulfide) groups is 1. The number of carbonyl (C=O) groups is 2. The average Bonchev–Trinajstić information content (AvgIpc) is 3.21. The van der Waals surface area contributed by atoms with E-state index in [2.05, 4.69) is 26.1 Å². The van der Waals surface area contributed by atoms with Crippen LogP contribution in [0.3, 0.4) is 0 Å². The molecule has 2 saturated heterocycles. The Hall–Kier alpha value is -2.68. The molecule has 2 aliphatic rings. The van der Waals surface area contributed by atoms with Crippen LogP contribution in [0.2, 0.25) is 0 Å². The number of urea groups is 1. The molecule has 0 saturated carbocycles. The van der Waals surface area contributed by atoms with Crippen molar-refractivity contribution in [1.82, 2.24) is 9.80 Å². The molecule has 1 N–H and O–H groups in total. The molecule has 0 aromatic heterocycles. The van der Waals surface area contributed by atoms with E-state index >= 15 is 0 Å². The molecule has 2 aromatic carbocycles. The van der Waals surface area contributed by atoms with Gasteiger partial charge in [-0.25, -0.2) is 4.79 Å². The number of hydrogen-bond acceptors (Lipinski definition) is 3. The van der Waals surface area contributed by atoms with Crippen LogP contribution in [0.1, 0.15) is 55.1 Å². The maximum Gasteiger partial charge on any atom is 0.416 e. The van der Waals surface area contributed by atoms with Crippen LogP contribution in [0.25, 0.3) is 0 Å². The number of halogens is 3. The second-order valence-corrected chi connectivity index (χ2v) is 11.5. The summed E-state index contributed by atoms with van der Waals surface area (Å²) < 4.78 is 38.3. The third-order valence-corrected chi connectivity index (χ3v) is 8.27. The standard InChI is InChI=1S/C26H30F3N3O2S/c1-24(2,3)19-6-4-18(5-7-19)22(33)32-16-17-35-25(32)12-14-31(15-13-25)23(34)30-21-10-8-20(9-11-21)26(27,28)29/h4-11H,12-17H2,1-3H3,(H,30,34). The first kappa shape index (κ1) is 25.4. The second-order valence-electron chi connectivity index (χ2n) is 10.1. The molecule has 1 spiro atoms. The van der Waals surface area contributed by atoms with Gasteiger partial charge in [0.2, 0.25) is 0 Å². The molecule has 0 unspecified atom stereocenters. The fourth-order valence-electron chi connectivity index (χ4n) is 4.58. The van der Waals surface area contributed by atoms with Gasteiger partial charge in [0.1, 0.15) is 0 Å². The molecular formula is C26H30F3N3O2S. The SMILES string of the molecule is CC(C)(C)c1ccc(C(=O)N2CCSC23CCN(C(=O)Nc2ccc(C(F)(F)F)cc2)CC3)cc1. The molecule has 0 aliphatic carbocycles. The lowest BCUT2D eigenvalue weighted by molar-refractivity contribution is -0.137. The fraction of sp³-hybridized carbons (Fsp3) is 0.462. The Morgan fingerprint density at radius 2 is 1.46 bits per heavy atom. The zero-order chi connectivity index (χ0) is 25.4. The largest absolute Gasteiger partial charge is 0.416 e. The molecule has 2 aromatic rings. The predicted octanol–water partition coefficient (Wildman–Crippen LogP) is 6.22. The van der Waals surface area contributed by atoms with Crippen molar-refractivity contribution in [2.24, 2.45) is 0 Å². The van der Waals surface area contributed by atoms with Gasteiger partial charge in [0, 0.05) is 36.6 Å². The smallest absolute Gasteiger partial charge is 0.324 e. The van der Waals surface area contributed by atoms with Crippen molar-refractivity contribution in [3.8, 4) is 0 Å². The molecule has 9 heteroatoms. The number of hydrogen-bond donors (Lipinski definition) is 1. The number of amides is 3. The molecule has 0 radical (unpaired) electrons. The summed E-state index contributed by atoms with van der Waals surface area (Å²) in [5, 5.41) is 2.68. The number of anilines is 1. The van der Waals surface area contributed by atoms with Crippen LogP contribution in [0.15, 0.2) is 48.5 Å². The maximum absolute atomic E-state index is 13.4. The van der Waals surface area contributed by atoms with Gasteiger partial charge in [-0.15, -0.1) is 11.8 Å². The van der Waals surface area contributed by atoms with Gasteiger partial charge in [-0.1, -0.05) is 32.9 Å². The highest BCUT2D eigenvalue weighted by molar-refractivity contribution is 8.00. The van der Waals surface area contributed by atoms with Gasteiger partial charge in [0.05, 0.1) is 10.4 Å². The van der Waals surface area contributed by atoms with Crippen LogP contribution in [-0.2, 0) is 11.6 Å². The Kier molecular flexibility index (Phi) is 6.83. The summed E-state index contributed by atoms with van der Waals surface area (Å²) in [4.78, 5) is 29.3. The minimum atomic E-state index is -4.42. The number of nitrogens with zero attached hydrogens (tertiary/aromatic N) is 2. The van der Waals surface area contributed by atoms with E-state index in [0.29, 0.717) is 43.7 Å². The highest BCUT2D eigenvalue weighted by Gasteiger charge is 2.47. The van der Waals surface area contributed by atoms with E-state index in [1.165, 1.54) is 17.7 Å². The molecular weight excluding hydrogens is 475 g/mol. The summed E-state index contributed by atoms with van der Waals surface area (Å²) in [5.74, 6) is 0.863. The van der Waals surface area contributed by atoms with Crippen molar-refractivity contribution in [2.45, 2.75) is 50.1 Å². The molecule has 4 rings (SSSR count). The third kappa shape index (κ3) is 5.44. The number of nitrogens with one attached hydrogen (secondary N) is 1. The van der Waals surface area contributed by atoms with Gasteiger partial charge < -0.3 is 15.1 Å². The molecule has 35 heavy (non-hydrogen) atoms. The van der Waals surface area contributed by atoms with E-state index in [1.54, 1.807) is 16.7 Å². The monoisotopic (exact) mass is 505 g/mol. The van der Waals surface area contributed by atoms with Crippen LogP contribution < -0.4 is 5.32 Å². The zero-order valence-electron chi connectivity index (χ0n) is 20.1. The number of benzene rings is 2. The van der Waals surface area contributed by atoms with E-state index in [-0.39, 0.29) is 22.2 Å². The minimum Gasteiger partial charge on any atom is -0.324 e. The van der Waals surface area contributed by atoms with E-state index in [0.717, 1.165) is 17.9 Å². The summed E-state index contributed by atoms with van der Waals surface area (Å²) in [5.41, 5.74) is 1.41. The van der Waals surface area contributed by atoms with Crippen molar-refractivity contribution in [3.05, 3.63) is 65.2 Å². The Balaban J connectivity index is 1.38. The summed E-state index contributed by atoms with van der Waals surface area (Å²) >= 11 is 1.77. The van der Waals surface area contributed by atoms with Crippen molar-refractivity contribution in [1.29, 1.82) is 0 Å². The van der Waals surface area contributed by atoms with Crippen LogP contribution in [-0.4, -0.2) is 52.0 Å². The van der Waals surface area contributed by atoms with Crippen LogP contribution >= 0.6 is 11.8 Å². The maximum atomic E-state index is 13.4.